The minimum atomic E-state index is -1.69. The first-order valence-electron chi connectivity index (χ1n) is 27.0. The summed E-state index contributed by atoms with van der Waals surface area (Å²) in [5.41, 5.74) is 0.432. The predicted octanol–water partition coefficient (Wildman–Crippen LogP) is 1.86. The number of hydrogen-bond donors (Lipinski definition) is 6. The molecule has 0 saturated carbocycles. The summed E-state index contributed by atoms with van der Waals surface area (Å²) in [6, 6.07) is 5.47. The van der Waals surface area contributed by atoms with Crippen molar-refractivity contribution >= 4 is 59.2 Å². The van der Waals surface area contributed by atoms with Crippen LogP contribution in [0, 0.1) is 17.8 Å². The largest absolute Gasteiger partial charge is 0.391 e. The van der Waals surface area contributed by atoms with E-state index >= 15 is 0 Å². The van der Waals surface area contributed by atoms with Gasteiger partial charge in [-0.2, -0.15) is 0 Å². The topological polar surface area (TPSA) is 277 Å². The number of carbonyl (C=O) groups excluding carboxylic acids is 10. The van der Waals surface area contributed by atoms with Gasteiger partial charge in [0.25, 0.3) is 5.91 Å². The molecular weight excluding hydrogens is 1020 g/mol. The second-order valence-corrected chi connectivity index (χ2v) is 22.9. The number of imide groups is 1. The lowest BCUT2D eigenvalue weighted by Crippen LogP contribution is -2.62. The Labute approximate surface area is 466 Å². The summed E-state index contributed by atoms with van der Waals surface area (Å²) in [5.74, 6) is -8.09. The van der Waals surface area contributed by atoms with E-state index < -0.39 is 132 Å². The number of amides is 11. The van der Waals surface area contributed by atoms with Crippen molar-refractivity contribution in [2.75, 3.05) is 48.4 Å². The highest BCUT2D eigenvalue weighted by Crippen LogP contribution is 2.21. The van der Waals surface area contributed by atoms with Crippen molar-refractivity contribution in [3.8, 4) is 0 Å². The zero-order chi connectivity index (χ0) is 59.8. The second-order valence-electron chi connectivity index (χ2n) is 22.9. The fourth-order valence-electron chi connectivity index (χ4n) is 9.19. The van der Waals surface area contributed by atoms with E-state index in [4.69, 9.17) is 4.74 Å². The van der Waals surface area contributed by atoms with Crippen molar-refractivity contribution < 1.29 is 57.8 Å². The smallest absolute Gasteiger partial charge is 0.324 e. The van der Waals surface area contributed by atoms with Crippen LogP contribution in [-0.2, 0) is 60.7 Å². The van der Waals surface area contributed by atoms with E-state index in [1.165, 1.54) is 58.9 Å². The number of likely N-dealkylation sites (N-methyl/N-ethyl adjacent to an activating group) is 5. The van der Waals surface area contributed by atoms with Crippen LogP contribution in [0.25, 0.3) is 0 Å². The first kappa shape index (κ1) is 66.3. The number of aliphatic hydroxyl groups is 1. The van der Waals surface area contributed by atoms with E-state index in [9.17, 15) is 53.1 Å². The van der Waals surface area contributed by atoms with E-state index in [-0.39, 0.29) is 44.1 Å². The van der Waals surface area contributed by atoms with Gasteiger partial charge < -0.3 is 55.6 Å². The monoisotopic (exact) mass is 1100 g/mol. The molecule has 3 rings (SSSR count). The molecule has 22 nitrogen and oxygen atoms in total. The molecule has 0 bridgehead atoms. The molecule has 438 valence electrons. The lowest BCUT2D eigenvalue weighted by molar-refractivity contribution is -0.152. The van der Waals surface area contributed by atoms with Crippen LogP contribution in [0.3, 0.4) is 0 Å². The van der Waals surface area contributed by atoms with E-state index in [0.717, 1.165) is 14.7 Å². The molecule has 0 aliphatic carbocycles. The van der Waals surface area contributed by atoms with Gasteiger partial charge in [-0.3, -0.25) is 48.5 Å². The zero-order valence-electron chi connectivity index (χ0n) is 49.1. The summed E-state index contributed by atoms with van der Waals surface area (Å²) in [5, 5.41) is 24.3. The first-order chi connectivity index (χ1) is 36.7. The molecule has 1 fully saturated rings. The van der Waals surface area contributed by atoms with Gasteiger partial charge in [-0.15, -0.1) is 0 Å². The number of hydrogen-bond acceptors (Lipinski definition) is 12. The van der Waals surface area contributed by atoms with Gasteiger partial charge in [0.05, 0.1) is 24.9 Å². The summed E-state index contributed by atoms with van der Waals surface area (Å²) >= 11 is 0. The van der Waals surface area contributed by atoms with Crippen LogP contribution < -0.4 is 26.6 Å². The molecule has 9 atom stereocenters. The van der Waals surface area contributed by atoms with Crippen molar-refractivity contribution in [3.05, 3.63) is 71.8 Å². The molecule has 0 spiro atoms. The Hall–Kier alpha value is -6.94. The van der Waals surface area contributed by atoms with Crippen molar-refractivity contribution in [1.82, 2.24) is 51.1 Å². The van der Waals surface area contributed by atoms with Gasteiger partial charge in [0, 0.05) is 48.1 Å². The van der Waals surface area contributed by atoms with Gasteiger partial charge >= 0.3 is 6.03 Å². The van der Waals surface area contributed by atoms with Crippen LogP contribution in [-0.4, -0.2) is 197 Å². The Morgan fingerprint density at radius 2 is 1.06 bits per heavy atom. The highest BCUT2D eigenvalue weighted by atomic mass is 16.5. The summed E-state index contributed by atoms with van der Waals surface area (Å²) in [7, 11) is 6.71. The molecule has 79 heavy (non-hydrogen) atoms. The Morgan fingerprint density at radius 1 is 0.557 bits per heavy atom. The number of aliphatic hydroxyl groups excluding tert-OH is 1. The fraction of sp³-hybridized carbons (Fsp3) is 0.614. The minimum Gasteiger partial charge on any atom is -0.391 e. The molecular formula is C57H88N10O12. The molecule has 1 aliphatic heterocycles. The third-order valence-corrected chi connectivity index (χ3v) is 13.6. The molecule has 0 radical (unpaired) electrons. The molecule has 6 unspecified atom stereocenters. The summed E-state index contributed by atoms with van der Waals surface area (Å²) in [6.45, 7) is 17.7. The molecule has 6 N–H and O–H groups in total. The van der Waals surface area contributed by atoms with Crippen LogP contribution >= 0.6 is 0 Å². The molecule has 0 aromatic heterocycles. The quantitative estimate of drug-likeness (QED) is 0.178. The average molecular weight is 1110 g/mol. The van der Waals surface area contributed by atoms with E-state index in [0.29, 0.717) is 11.1 Å². The van der Waals surface area contributed by atoms with E-state index in [2.05, 4.69) is 26.6 Å². The fourth-order valence-corrected chi connectivity index (χ4v) is 9.19. The molecule has 1 aliphatic rings. The third-order valence-electron chi connectivity index (χ3n) is 13.6. The Morgan fingerprint density at radius 3 is 1.57 bits per heavy atom. The first-order valence-corrected chi connectivity index (χ1v) is 27.0. The van der Waals surface area contributed by atoms with Crippen LogP contribution in [0.4, 0.5) is 4.79 Å². The Bertz CT molecular complexity index is 2430. The molecule has 1 saturated heterocycles. The standard InChI is InChI=1S/C57H88N10O12/c1-33(2)27-42-49(71)61-46(37(8)68)55(77)65(14)43(30-39-25-21-18-22-26-39)50(72)62-56(78)67(16)47(35(5)6)51(73)60-40(29-38-23-19-17-20-24-38)48(70)58-36(7)52(74)63(12)31-45(69)59-41(32-79-57(9,10)11)53(75)66(15)44(28-34(3)4)54(76)64(42)13/h17-26,33-37,40-44,46-47,68H,27-32H2,1-16H3,(H,58,70)(H,59,69)(H,60,73)(H,61,71)(H,62,72,78)/t36-,37+,40?,41?,42?,43?,44-,46?,47?/m0/s1. The van der Waals surface area contributed by atoms with Crippen molar-refractivity contribution in [2.24, 2.45) is 17.8 Å². The summed E-state index contributed by atoms with van der Waals surface area (Å²) in [4.78, 5) is 149. The number of nitrogens with zero attached hydrogens (tertiary/aromatic N) is 5. The zero-order valence-corrected chi connectivity index (χ0v) is 49.1. The van der Waals surface area contributed by atoms with Crippen LogP contribution in [0.5, 0.6) is 0 Å². The number of urea groups is 1. The summed E-state index contributed by atoms with van der Waals surface area (Å²) in [6.07, 6.45) is -1.57. The molecule has 1 heterocycles. The van der Waals surface area contributed by atoms with Crippen LogP contribution in [0.1, 0.15) is 100 Å². The van der Waals surface area contributed by atoms with E-state index in [1.807, 2.05) is 27.7 Å². The number of nitrogens with one attached hydrogen (secondary N) is 5. The number of rotatable bonds is 12. The maximum absolute atomic E-state index is 14.9. The van der Waals surface area contributed by atoms with Crippen molar-refractivity contribution in [1.29, 1.82) is 0 Å². The maximum atomic E-state index is 14.9. The highest BCUT2D eigenvalue weighted by molar-refractivity contribution is 6.02. The molecule has 2 aromatic rings. The minimum absolute atomic E-state index is 0.0506. The van der Waals surface area contributed by atoms with Gasteiger partial charge in [-0.1, -0.05) is 102 Å². The highest BCUT2D eigenvalue weighted by Gasteiger charge is 2.42. The van der Waals surface area contributed by atoms with E-state index in [1.54, 1.807) is 95.3 Å². The number of benzene rings is 2. The van der Waals surface area contributed by atoms with Crippen LogP contribution in [0.15, 0.2) is 60.7 Å². The van der Waals surface area contributed by atoms with Gasteiger partial charge in [0.2, 0.25) is 47.3 Å². The Kier molecular flexibility index (Phi) is 25.1. The lowest BCUT2D eigenvalue weighted by atomic mass is 9.97. The summed E-state index contributed by atoms with van der Waals surface area (Å²) < 4.78 is 6.01. The molecule has 22 heteroatoms. The third kappa shape index (κ3) is 19.7. The Balaban J connectivity index is 2.26. The maximum Gasteiger partial charge on any atom is 0.324 e. The lowest BCUT2D eigenvalue weighted by Gasteiger charge is -2.38. The van der Waals surface area contributed by atoms with Gasteiger partial charge in [-0.25, -0.2) is 4.79 Å². The normalized spacial score (nSPS) is 24.7. The van der Waals surface area contributed by atoms with Crippen molar-refractivity contribution in [2.45, 2.75) is 162 Å². The second kappa shape index (κ2) is 29.9. The predicted molar refractivity (Wildman–Crippen MR) is 297 cm³/mol. The molecule has 2 aromatic carbocycles. The SMILES string of the molecule is CC(C)CC1C(=O)NC([C@@H](C)O)C(=O)N(C)C(Cc2ccccc2)C(=O)NC(=O)N(C)C(C(C)C)C(=O)NC(Cc2ccccc2)C(=O)N[C@@H](C)C(=O)N(C)CC(=O)NC(COC(C)(C)C)C(=O)N(C)[C@@H](CC(C)C)C(=O)N1C. The average Bonchev–Trinajstić information content (AvgIpc) is 3.39. The van der Waals surface area contributed by atoms with Gasteiger partial charge in [0.1, 0.15) is 48.3 Å². The number of carbonyl (C=O) groups is 10. The number of ether oxygens (including phenoxy) is 1. The van der Waals surface area contributed by atoms with Crippen LogP contribution in [0.2, 0.25) is 0 Å². The van der Waals surface area contributed by atoms with Crippen molar-refractivity contribution in [3.63, 3.8) is 0 Å². The van der Waals surface area contributed by atoms with Gasteiger partial charge in [-0.05, 0) is 76.3 Å². The molecule has 11 amide bonds. The van der Waals surface area contributed by atoms with Gasteiger partial charge in [0.15, 0.2) is 0 Å².